The van der Waals surface area contributed by atoms with Crippen molar-refractivity contribution >= 4 is 5.97 Å². The Balaban J connectivity index is 2.32. The molecule has 0 saturated carbocycles. The molecule has 1 saturated heterocycles. The van der Waals surface area contributed by atoms with E-state index in [1.165, 1.54) is 18.4 Å². The Morgan fingerprint density at radius 3 is 3.00 bits per heavy atom. The van der Waals surface area contributed by atoms with Crippen molar-refractivity contribution in [3.63, 3.8) is 0 Å². The maximum Gasteiger partial charge on any atom is 0.306 e. The molecule has 0 radical (unpaired) electrons. The van der Waals surface area contributed by atoms with Crippen LogP contribution in [0.5, 0.6) is 0 Å². The minimum absolute atomic E-state index is 0.0218. The van der Waals surface area contributed by atoms with Crippen LogP contribution in [0.15, 0.2) is 11.6 Å². The number of carbonyl (C=O) groups is 1. The molecule has 2 nitrogen and oxygen atoms in total. The van der Waals surface area contributed by atoms with Gasteiger partial charge in [-0.15, -0.1) is 0 Å². The molecule has 2 aliphatic rings. The van der Waals surface area contributed by atoms with Crippen LogP contribution >= 0.6 is 0 Å². The van der Waals surface area contributed by atoms with Gasteiger partial charge >= 0.3 is 5.97 Å². The average Bonchev–Trinajstić information content (AvgIpc) is 2.49. The lowest BCUT2D eigenvalue weighted by Gasteiger charge is -2.33. The summed E-state index contributed by atoms with van der Waals surface area (Å²) in [6.45, 7) is 4.32. The molecule has 1 aliphatic carbocycles. The Morgan fingerprint density at radius 1 is 1.57 bits per heavy atom. The van der Waals surface area contributed by atoms with Crippen LogP contribution in [0.1, 0.15) is 46.0 Å². The second-order valence-electron chi connectivity index (χ2n) is 4.58. The predicted molar refractivity (Wildman–Crippen MR) is 54.8 cm³/mol. The van der Waals surface area contributed by atoms with Crippen molar-refractivity contribution in [3.8, 4) is 0 Å². The van der Waals surface area contributed by atoms with Gasteiger partial charge in [-0.2, -0.15) is 0 Å². The first-order chi connectivity index (χ1) is 6.65. The summed E-state index contributed by atoms with van der Waals surface area (Å²) in [7, 11) is 0. The fraction of sp³-hybridized carbons (Fsp3) is 0.750. The molecular formula is C12H18O2. The first kappa shape index (κ1) is 9.75. The summed E-state index contributed by atoms with van der Waals surface area (Å²) in [5.41, 5.74) is 1.03. The van der Waals surface area contributed by atoms with Gasteiger partial charge in [-0.1, -0.05) is 13.0 Å². The summed E-state index contributed by atoms with van der Waals surface area (Å²) in [6, 6.07) is 0. The van der Waals surface area contributed by atoms with E-state index < -0.39 is 0 Å². The highest BCUT2D eigenvalue weighted by atomic mass is 16.6. The molecule has 0 bridgehead atoms. The number of hydrogen-bond donors (Lipinski definition) is 0. The number of hydrogen-bond acceptors (Lipinski definition) is 2. The van der Waals surface area contributed by atoms with Gasteiger partial charge in [0.1, 0.15) is 5.60 Å². The van der Waals surface area contributed by atoms with E-state index in [9.17, 15) is 4.79 Å². The molecule has 2 rings (SSSR count). The van der Waals surface area contributed by atoms with Crippen LogP contribution in [-0.4, -0.2) is 11.6 Å². The fourth-order valence-electron chi connectivity index (χ4n) is 2.75. The molecule has 2 atom stereocenters. The maximum absolute atomic E-state index is 11.3. The van der Waals surface area contributed by atoms with Crippen LogP contribution in [-0.2, 0) is 9.53 Å². The third-order valence-corrected chi connectivity index (χ3v) is 3.75. The lowest BCUT2D eigenvalue weighted by atomic mass is 9.80. The van der Waals surface area contributed by atoms with Crippen LogP contribution in [0.3, 0.4) is 0 Å². The molecule has 0 N–H and O–H groups in total. The monoisotopic (exact) mass is 194 g/mol. The topological polar surface area (TPSA) is 26.3 Å². The van der Waals surface area contributed by atoms with Gasteiger partial charge in [-0.3, -0.25) is 4.79 Å². The Labute approximate surface area is 85.3 Å². The third kappa shape index (κ3) is 1.37. The minimum atomic E-state index is -0.242. The van der Waals surface area contributed by atoms with Crippen molar-refractivity contribution in [1.82, 2.24) is 0 Å². The van der Waals surface area contributed by atoms with Gasteiger partial charge in [0, 0.05) is 12.8 Å². The first-order valence-corrected chi connectivity index (χ1v) is 5.54. The molecule has 0 amide bonds. The third-order valence-electron chi connectivity index (χ3n) is 3.75. The summed E-state index contributed by atoms with van der Waals surface area (Å²) in [4.78, 5) is 11.3. The standard InChI is InChI=1S/C12H18O2/c1-9-5-3-4-6-10(2)12(9)8-7-11(13)14-12/h5,10H,3-4,6-8H2,1-2H3/t10-,12-/m1/s1. The highest BCUT2D eigenvalue weighted by Crippen LogP contribution is 2.43. The molecule has 0 unspecified atom stereocenters. The van der Waals surface area contributed by atoms with Gasteiger partial charge in [-0.05, 0) is 37.7 Å². The van der Waals surface area contributed by atoms with E-state index >= 15 is 0 Å². The highest BCUT2D eigenvalue weighted by Gasteiger charge is 2.46. The van der Waals surface area contributed by atoms with E-state index in [2.05, 4.69) is 19.9 Å². The first-order valence-electron chi connectivity index (χ1n) is 5.54. The molecule has 0 aromatic heterocycles. The van der Waals surface area contributed by atoms with Crippen molar-refractivity contribution in [2.24, 2.45) is 5.92 Å². The van der Waals surface area contributed by atoms with Gasteiger partial charge in [0.15, 0.2) is 0 Å². The lowest BCUT2D eigenvalue weighted by molar-refractivity contribution is -0.149. The van der Waals surface area contributed by atoms with Gasteiger partial charge < -0.3 is 4.74 Å². The lowest BCUT2D eigenvalue weighted by Crippen LogP contribution is -2.37. The average molecular weight is 194 g/mol. The molecule has 2 heteroatoms. The largest absolute Gasteiger partial charge is 0.454 e. The fourth-order valence-corrected chi connectivity index (χ4v) is 2.75. The molecule has 1 fully saturated rings. The summed E-state index contributed by atoms with van der Waals surface area (Å²) in [5, 5.41) is 0. The molecule has 78 valence electrons. The van der Waals surface area contributed by atoms with Crippen molar-refractivity contribution in [2.45, 2.75) is 51.6 Å². The molecule has 14 heavy (non-hydrogen) atoms. The van der Waals surface area contributed by atoms with Gasteiger partial charge in [0.05, 0.1) is 0 Å². The molecule has 0 aromatic rings. The van der Waals surface area contributed by atoms with E-state index in [1.54, 1.807) is 0 Å². The zero-order chi connectivity index (χ0) is 10.2. The van der Waals surface area contributed by atoms with Gasteiger partial charge in [0.25, 0.3) is 0 Å². The summed E-state index contributed by atoms with van der Waals surface area (Å²) >= 11 is 0. The normalized spacial score (nSPS) is 38.0. The van der Waals surface area contributed by atoms with Crippen LogP contribution in [0.25, 0.3) is 0 Å². The second-order valence-corrected chi connectivity index (χ2v) is 4.58. The molecular weight excluding hydrogens is 176 g/mol. The number of rotatable bonds is 0. The van der Waals surface area contributed by atoms with Crippen LogP contribution < -0.4 is 0 Å². The van der Waals surface area contributed by atoms with E-state index in [-0.39, 0.29) is 11.6 Å². The van der Waals surface area contributed by atoms with E-state index in [4.69, 9.17) is 4.74 Å². The van der Waals surface area contributed by atoms with Crippen LogP contribution in [0.2, 0.25) is 0 Å². The van der Waals surface area contributed by atoms with Gasteiger partial charge in [0.2, 0.25) is 0 Å². The predicted octanol–water partition coefficient (Wildman–Crippen LogP) is 2.83. The Bertz CT molecular complexity index is 280. The Morgan fingerprint density at radius 2 is 2.36 bits per heavy atom. The minimum Gasteiger partial charge on any atom is -0.454 e. The zero-order valence-corrected chi connectivity index (χ0v) is 9.01. The quantitative estimate of drug-likeness (QED) is 0.438. The number of carbonyl (C=O) groups excluding carboxylic acids is 1. The number of esters is 1. The van der Waals surface area contributed by atoms with Crippen LogP contribution in [0.4, 0.5) is 0 Å². The Hall–Kier alpha value is -0.790. The summed E-state index contributed by atoms with van der Waals surface area (Å²) in [6.07, 6.45) is 7.25. The maximum atomic E-state index is 11.3. The van der Waals surface area contributed by atoms with Crippen molar-refractivity contribution in [1.29, 1.82) is 0 Å². The van der Waals surface area contributed by atoms with Crippen molar-refractivity contribution in [2.75, 3.05) is 0 Å². The zero-order valence-electron chi connectivity index (χ0n) is 9.01. The van der Waals surface area contributed by atoms with Crippen LogP contribution in [0, 0.1) is 5.92 Å². The van der Waals surface area contributed by atoms with Crippen molar-refractivity contribution < 1.29 is 9.53 Å². The molecule has 1 spiro atoms. The van der Waals surface area contributed by atoms with E-state index in [0.29, 0.717) is 12.3 Å². The van der Waals surface area contributed by atoms with E-state index in [0.717, 1.165) is 12.8 Å². The number of allylic oxidation sites excluding steroid dienone is 1. The molecule has 1 heterocycles. The molecule has 1 aliphatic heterocycles. The van der Waals surface area contributed by atoms with Gasteiger partial charge in [-0.25, -0.2) is 0 Å². The molecule has 0 aromatic carbocycles. The summed E-state index contributed by atoms with van der Waals surface area (Å²) in [5.74, 6) is 0.458. The summed E-state index contributed by atoms with van der Waals surface area (Å²) < 4.78 is 5.59. The number of ether oxygens (including phenoxy) is 1. The second kappa shape index (κ2) is 3.41. The smallest absolute Gasteiger partial charge is 0.306 e. The highest BCUT2D eigenvalue weighted by molar-refractivity contribution is 5.73. The SMILES string of the molecule is CC1=CCCC[C@@H](C)[C@@]12CCC(=O)O2. The van der Waals surface area contributed by atoms with Crippen molar-refractivity contribution in [3.05, 3.63) is 11.6 Å². The Kier molecular flexibility index (Phi) is 2.38. The van der Waals surface area contributed by atoms with E-state index in [1.807, 2.05) is 0 Å².